The van der Waals surface area contributed by atoms with Crippen molar-refractivity contribution in [3.8, 4) is 17.3 Å². The third kappa shape index (κ3) is 3.93. The molecule has 1 N–H and O–H groups in total. The van der Waals surface area contributed by atoms with Gasteiger partial charge in [-0.15, -0.1) is 10.2 Å². The van der Waals surface area contributed by atoms with Crippen molar-refractivity contribution in [2.75, 3.05) is 0 Å². The van der Waals surface area contributed by atoms with Crippen LogP contribution in [0.4, 0.5) is 0 Å². The first kappa shape index (κ1) is 17.3. The van der Waals surface area contributed by atoms with Crippen LogP contribution >= 0.6 is 11.8 Å². The Hall–Kier alpha value is -2.54. The van der Waals surface area contributed by atoms with Crippen molar-refractivity contribution in [3.63, 3.8) is 0 Å². The summed E-state index contributed by atoms with van der Waals surface area (Å²) in [6, 6.07) is 13.5. The number of benzene rings is 1. The SMILES string of the molecule is CC(C)NC(=O)C(C)Sc1nnc(-c2ccco2)n1-c1ccccc1. The van der Waals surface area contributed by atoms with E-state index in [0.717, 1.165) is 5.69 Å². The molecule has 0 radical (unpaired) electrons. The van der Waals surface area contributed by atoms with Gasteiger partial charge in [-0.25, -0.2) is 0 Å². The number of aromatic nitrogens is 3. The summed E-state index contributed by atoms with van der Waals surface area (Å²) < 4.78 is 7.39. The molecule has 1 amide bonds. The second kappa shape index (κ2) is 7.57. The maximum absolute atomic E-state index is 12.2. The van der Waals surface area contributed by atoms with Gasteiger partial charge in [0.1, 0.15) is 0 Å². The van der Waals surface area contributed by atoms with Gasteiger partial charge in [0.2, 0.25) is 11.7 Å². The van der Waals surface area contributed by atoms with Crippen LogP contribution in [-0.2, 0) is 4.79 Å². The van der Waals surface area contributed by atoms with E-state index in [1.54, 1.807) is 6.26 Å². The van der Waals surface area contributed by atoms with Gasteiger partial charge in [-0.2, -0.15) is 0 Å². The molecule has 7 heteroatoms. The predicted octanol–water partition coefficient (Wildman–Crippen LogP) is 3.53. The van der Waals surface area contributed by atoms with Crippen molar-refractivity contribution in [2.24, 2.45) is 0 Å². The zero-order valence-electron chi connectivity index (χ0n) is 14.3. The van der Waals surface area contributed by atoms with Gasteiger partial charge < -0.3 is 9.73 Å². The molecule has 25 heavy (non-hydrogen) atoms. The molecule has 0 saturated carbocycles. The Bertz CT molecular complexity index is 828. The largest absolute Gasteiger partial charge is 0.461 e. The van der Waals surface area contributed by atoms with E-state index >= 15 is 0 Å². The quantitative estimate of drug-likeness (QED) is 0.684. The number of para-hydroxylation sites is 1. The Labute approximate surface area is 150 Å². The number of carbonyl (C=O) groups excluding carboxylic acids is 1. The predicted molar refractivity (Wildman–Crippen MR) is 97.7 cm³/mol. The van der Waals surface area contributed by atoms with E-state index in [9.17, 15) is 4.79 Å². The molecule has 3 rings (SSSR count). The molecule has 1 atom stereocenters. The Kier molecular flexibility index (Phi) is 5.23. The molecule has 2 heterocycles. The van der Waals surface area contributed by atoms with E-state index in [-0.39, 0.29) is 17.2 Å². The van der Waals surface area contributed by atoms with Gasteiger partial charge in [0, 0.05) is 11.7 Å². The highest BCUT2D eigenvalue weighted by Gasteiger charge is 2.22. The van der Waals surface area contributed by atoms with Crippen molar-refractivity contribution in [1.29, 1.82) is 0 Å². The zero-order chi connectivity index (χ0) is 17.8. The molecular formula is C18H20N4O2S. The molecule has 0 aliphatic rings. The number of thioether (sulfide) groups is 1. The molecule has 0 spiro atoms. The average molecular weight is 356 g/mol. The topological polar surface area (TPSA) is 73.0 Å². The fourth-order valence-electron chi connectivity index (χ4n) is 2.34. The van der Waals surface area contributed by atoms with Crippen LogP contribution in [-0.4, -0.2) is 32.0 Å². The van der Waals surface area contributed by atoms with Crippen molar-refractivity contribution < 1.29 is 9.21 Å². The molecule has 6 nitrogen and oxygen atoms in total. The van der Waals surface area contributed by atoms with Crippen molar-refractivity contribution in [1.82, 2.24) is 20.1 Å². The zero-order valence-corrected chi connectivity index (χ0v) is 15.2. The lowest BCUT2D eigenvalue weighted by molar-refractivity contribution is -0.120. The molecule has 1 aromatic carbocycles. The molecule has 1 unspecified atom stereocenters. The van der Waals surface area contributed by atoms with E-state index in [1.165, 1.54) is 11.8 Å². The molecule has 130 valence electrons. The smallest absolute Gasteiger partial charge is 0.233 e. The minimum absolute atomic E-state index is 0.0258. The van der Waals surface area contributed by atoms with Gasteiger partial charge in [-0.05, 0) is 45.0 Å². The minimum Gasteiger partial charge on any atom is -0.461 e. The summed E-state index contributed by atoms with van der Waals surface area (Å²) in [5.41, 5.74) is 0.915. The summed E-state index contributed by atoms with van der Waals surface area (Å²) in [5.74, 6) is 1.21. The fourth-order valence-corrected chi connectivity index (χ4v) is 3.21. The van der Waals surface area contributed by atoms with Crippen LogP contribution in [0.1, 0.15) is 20.8 Å². The maximum Gasteiger partial charge on any atom is 0.233 e. The van der Waals surface area contributed by atoms with Gasteiger partial charge in [0.15, 0.2) is 10.9 Å². The molecule has 0 bridgehead atoms. The number of nitrogens with zero attached hydrogens (tertiary/aromatic N) is 3. The highest BCUT2D eigenvalue weighted by molar-refractivity contribution is 8.00. The van der Waals surface area contributed by atoms with E-state index in [0.29, 0.717) is 16.7 Å². The van der Waals surface area contributed by atoms with Crippen LogP contribution < -0.4 is 5.32 Å². The van der Waals surface area contributed by atoms with Crippen molar-refractivity contribution >= 4 is 17.7 Å². The number of carbonyl (C=O) groups is 1. The number of nitrogens with one attached hydrogen (secondary N) is 1. The van der Waals surface area contributed by atoms with Crippen LogP contribution in [0.2, 0.25) is 0 Å². The van der Waals surface area contributed by atoms with Crippen LogP contribution in [0.25, 0.3) is 17.3 Å². The standard InChI is InChI=1S/C18H20N4O2S/c1-12(2)19-17(23)13(3)25-18-21-20-16(15-10-7-11-24-15)22(18)14-8-5-4-6-9-14/h4-13H,1-3H3,(H,19,23). The summed E-state index contributed by atoms with van der Waals surface area (Å²) >= 11 is 1.37. The average Bonchev–Trinajstić information content (AvgIpc) is 3.24. The summed E-state index contributed by atoms with van der Waals surface area (Å²) in [6.45, 7) is 5.74. The Morgan fingerprint density at radius 2 is 1.88 bits per heavy atom. The third-order valence-electron chi connectivity index (χ3n) is 3.47. The number of hydrogen-bond acceptors (Lipinski definition) is 5. The normalized spacial score (nSPS) is 12.3. The van der Waals surface area contributed by atoms with E-state index in [2.05, 4.69) is 15.5 Å². The molecule has 0 fully saturated rings. The monoisotopic (exact) mass is 356 g/mol. The summed E-state index contributed by atoms with van der Waals surface area (Å²) in [6.07, 6.45) is 1.60. The van der Waals surface area contributed by atoms with E-state index in [1.807, 2.05) is 67.8 Å². The van der Waals surface area contributed by atoms with Crippen LogP contribution in [0.5, 0.6) is 0 Å². The van der Waals surface area contributed by atoms with Gasteiger partial charge in [-0.1, -0.05) is 30.0 Å². The lowest BCUT2D eigenvalue weighted by Gasteiger charge is -2.15. The van der Waals surface area contributed by atoms with Gasteiger partial charge in [0.25, 0.3) is 0 Å². The Morgan fingerprint density at radius 1 is 1.12 bits per heavy atom. The Balaban J connectivity index is 1.96. The Morgan fingerprint density at radius 3 is 2.52 bits per heavy atom. The molecule has 3 aromatic rings. The first-order valence-corrected chi connectivity index (χ1v) is 8.96. The van der Waals surface area contributed by atoms with Gasteiger partial charge >= 0.3 is 0 Å². The number of rotatable bonds is 6. The lowest BCUT2D eigenvalue weighted by Crippen LogP contribution is -2.36. The molecule has 0 saturated heterocycles. The molecule has 0 aliphatic carbocycles. The first-order chi connectivity index (χ1) is 12.1. The van der Waals surface area contributed by atoms with Crippen LogP contribution in [0.3, 0.4) is 0 Å². The molecule has 2 aromatic heterocycles. The van der Waals surface area contributed by atoms with E-state index in [4.69, 9.17) is 4.42 Å². The molecular weight excluding hydrogens is 336 g/mol. The maximum atomic E-state index is 12.2. The first-order valence-electron chi connectivity index (χ1n) is 8.08. The van der Waals surface area contributed by atoms with Crippen molar-refractivity contribution in [2.45, 2.75) is 37.2 Å². The molecule has 0 aliphatic heterocycles. The lowest BCUT2D eigenvalue weighted by atomic mass is 10.3. The number of hydrogen-bond donors (Lipinski definition) is 1. The minimum atomic E-state index is -0.293. The number of amides is 1. The number of furan rings is 1. The fraction of sp³-hybridized carbons (Fsp3) is 0.278. The third-order valence-corrected chi connectivity index (χ3v) is 4.51. The second-order valence-corrected chi connectivity index (χ2v) is 7.19. The van der Waals surface area contributed by atoms with Crippen LogP contribution in [0.15, 0.2) is 58.3 Å². The van der Waals surface area contributed by atoms with Crippen LogP contribution in [0, 0.1) is 0 Å². The highest BCUT2D eigenvalue weighted by atomic mass is 32.2. The van der Waals surface area contributed by atoms with Gasteiger partial charge in [0.05, 0.1) is 11.5 Å². The summed E-state index contributed by atoms with van der Waals surface area (Å²) in [7, 11) is 0. The summed E-state index contributed by atoms with van der Waals surface area (Å²) in [4.78, 5) is 12.2. The van der Waals surface area contributed by atoms with E-state index < -0.39 is 0 Å². The van der Waals surface area contributed by atoms with Crippen molar-refractivity contribution in [3.05, 3.63) is 48.7 Å². The van der Waals surface area contributed by atoms with Gasteiger partial charge in [-0.3, -0.25) is 9.36 Å². The second-order valence-electron chi connectivity index (χ2n) is 5.88. The highest BCUT2D eigenvalue weighted by Crippen LogP contribution is 2.30. The summed E-state index contributed by atoms with van der Waals surface area (Å²) in [5, 5.41) is 11.8.